The van der Waals surface area contributed by atoms with Crippen molar-refractivity contribution in [1.82, 2.24) is 15.1 Å². The van der Waals surface area contributed by atoms with Crippen LogP contribution in [0.15, 0.2) is 30.3 Å². The zero-order valence-electron chi connectivity index (χ0n) is 15.7. The quantitative estimate of drug-likeness (QED) is 0.698. The molecule has 1 aromatic rings. The number of methoxy groups -OCH3 is 1. The molecule has 1 saturated heterocycles. The van der Waals surface area contributed by atoms with Gasteiger partial charge in [-0.15, -0.1) is 0 Å². The SMILES string of the molecule is CCCN(C(=O)NCCCOC)[C@H]1CCCN(Cc2ccccc2)C1. The van der Waals surface area contributed by atoms with Crippen LogP contribution in [0.2, 0.25) is 0 Å². The molecule has 1 fully saturated rings. The summed E-state index contributed by atoms with van der Waals surface area (Å²) in [5, 5.41) is 3.05. The normalized spacial score (nSPS) is 18.1. The van der Waals surface area contributed by atoms with E-state index in [0.717, 1.165) is 51.9 Å². The number of carbonyl (C=O) groups excluding carboxylic acids is 1. The third-order valence-electron chi connectivity index (χ3n) is 4.70. The van der Waals surface area contributed by atoms with Crippen molar-refractivity contribution in [1.29, 1.82) is 0 Å². The van der Waals surface area contributed by atoms with Gasteiger partial charge >= 0.3 is 6.03 Å². The van der Waals surface area contributed by atoms with E-state index in [-0.39, 0.29) is 6.03 Å². The van der Waals surface area contributed by atoms with Crippen molar-refractivity contribution < 1.29 is 9.53 Å². The summed E-state index contributed by atoms with van der Waals surface area (Å²) in [5.74, 6) is 0. The van der Waals surface area contributed by atoms with Crippen molar-refractivity contribution in [2.45, 2.75) is 45.2 Å². The fraction of sp³-hybridized carbons (Fsp3) is 0.650. The number of ether oxygens (including phenoxy) is 1. The highest BCUT2D eigenvalue weighted by atomic mass is 16.5. The van der Waals surface area contributed by atoms with Crippen LogP contribution in [0.4, 0.5) is 4.79 Å². The van der Waals surface area contributed by atoms with Crippen molar-refractivity contribution in [2.75, 3.05) is 39.9 Å². The summed E-state index contributed by atoms with van der Waals surface area (Å²) in [4.78, 5) is 17.1. The maximum atomic E-state index is 12.6. The van der Waals surface area contributed by atoms with E-state index in [1.54, 1.807) is 7.11 Å². The molecule has 1 heterocycles. The Morgan fingerprint density at radius 1 is 1.36 bits per heavy atom. The second-order valence-corrected chi connectivity index (χ2v) is 6.79. The molecule has 0 aromatic heterocycles. The molecule has 1 aliphatic heterocycles. The number of piperidine rings is 1. The maximum absolute atomic E-state index is 12.6. The number of carbonyl (C=O) groups is 1. The fourth-order valence-electron chi connectivity index (χ4n) is 3.47. The molecule has 2 amide bonds. The summed E-state index contributed by atoms with van der Waals surface area (Å²) in [6.07, 6.45) is 4.08. The number of nitrogens with one attached hydrogen (secondary N) is 1. The molecule has 2 rings (SSSR count). The van der Waals surface area contributed by atoms with Gasteiger partial charge in [-0.1, -0.05) is 37.3 Å². The lowest BCUT2D eigenvalue weighted by Crippen LogP contribution is -2.53. The first kappa shape index (κ1) is 19.7. The highest BCUT2D eigenvalue weighted by molar-refractivity contribution is 5.74. The van der Waals surface area contributed by atoms with Gasteiger partial charge in [0.2, 0.25) is 0 Å². The monoisotopic (exact) mass is 347 g/mol. The Hall–Kier alpha value is -1.59. The van der Waals surface area contributed by atoms with E-state index in [2.05, 4.69) is 47.5 Å². The van der Waals surface area contributed by atoms with Crippen LogP contribution in [0.5, 0.6) is 0 Å². The highest BCUT2D eigenvalue weighted by Gasteiger charge is 2.28. The third-order valence-corrected chi connectivity index (χ3v) is 4.70. The van der Waals surface area contributed by atoms with E-state index in [0.29, 0.717) is 19.2 Å². The smallest absolute Gasteiger partial charge is 0.317 e. The molecule has 0 spiro atoms. The van der Waals surface area contributed by atoms with Crippen molar-refractivity contribution in [3.8, 4) is 0 Å². The van der Waals surface area contributed by atoms with Crippen molar-refractivity contribution in [3.63, 3.8) is 0 Å². The fourth-order valence-corrected chi connectivity index (χ4v) is 3.47. The molecule has 0 saturated carbocycles. The average molecular weight is 348 g/mol. The number of hydrogen-bond donors (Lipinski definition) is 1. The van der Waals surface area contributed by atoms with Gasteiger partial charge in [0.1, 0.15) is 0 Å². The molecule has 25 heavy (non-hydrogen) atoms. The molecule has 1 atom stereocenters. The number of urea groups is 1. The molecule has 0 radical (unpaired) electrons. The molecule has 1 N–H and O–H groups in total. The summed E-state index contributed by atoms with van der Waals surface area (Å²) in [5.41, 5.74) is 1.34. The van der Waals surface area contributed by atoms with Crippen LogP contribution in [-0.2, 0) is 11.3 Å². The van der Waals surface area contributed by atoms with Crippen LogP contribution in [0.25, 0.3) is 0 Å². The average Bonchev–Trinajstić information content (AvgIpc) is 2.64. The Labute approximate surface area is 152 Å². The zero-order valence-corrected chi connectivity index (χ0v) is 15.7. The summed E-state index contributed by atoms with van der Waals surface area (Å²) in [6, 6.07) is 11.0. The molecule has 0 unspecified atom stereocenters. The van der Waals surface area contributed by atoms with Crippen LogP contribution in [0.1, 0.15) is 38.2 Å². The van der Waals surface area contributed by atoms with Gasteiger partial charge in [-0.3, -0.25) is 4.90 Å². The maximum Gasteiger partial charge on any atom is 0.317 e. The molecular weight excluding hydrogens is 314 g/mol. The predicted molar refractivity (Wildman–Crippen MR) is 102 cm³/mol. The number of nitrogens with zero attached hydrogens (tertiary/aromatic N) is 2. The van der Waals surface area contributed by atoms with E-state index in [9.17, 15) is 4.79 Å². The van der Waals surface area contributed by atoms with E-state index >= 15 is 0 Å². The van der Waals surface area contributed by atoms with Gasteiger partial charge in [0.15, 0.2) is 0 Å². The third kappa shape index (κ3) is 6.67. The first-order chi connectivity index (χ1) is 12.2. The molecule has 140 valence electrons. The van der Waals surface area contributed by atoms with Crippen molar-refractivity contribution >= 4 is 6.03 Å². The molecule has 1 aliphatic rings. The standard InChI is InChI=1S/C20H33N3O2/c1-3-13-23(20(24)21-12-8-15-25-2)19-11-7-14-22(17-19)16-18-9-5-4-6-10-18/h4-6,9-10,19H,3,7-8,11-17H2,1-2H3,(H,21,24)/t19-/m0/s1. The summed E-state index contributed by atoms with van der Waals surface area (Å²) in [7, 11) is 1.69. The second-order valence-electron chi connectivity index (χ2n) is 6.79. The number of benzene rings is 1. The summed E-state index contributed by atoms with van der Waals surface area (Å²) in [6.45, 7) is 7.35. The Morgan fingerprint density at radius 2 is 2.16 bits per heavy atom. The minimum atomic E-state index is 0.0736. The molecule has 0 aliphatic carbocycles. The van der Waals surface area contributed by atoms with Gasteiger partial charge in [0, 0.05) is 45.9 Å². The predicted octanol–water partition coefficient (Wildman–Crippen LogP) is 3.11. The minimum Gasteiger partial charge on any atom is -0.385 e. The van der Waals surface area contributed by atoms with Crippen LogP contribution in [-0.4, -0.2) is 61.8 Å². The number of likely N-dealkylation sites (tertiary alicyclic amines) is 1. The van der Waals surface area contributed by atoms with Crippen LogP contribution in [0.3, 0.4) is 0 Å². The minimum absolute atomic E-state index is 0.0736. The Balaban J connectivity index is 1.89. The zero-order chi connectivity index (χ0) is 17.9. The van der Waals surface area contributed by atoms with Crippen molar-refractivity contribution in [3.05, 3.63) is 35.9 Å². The van der Waals surface area contributed by atoms with E-state index in [1.165, 1.54) is 5.56 Å². The Morgan fingerprint density at radius 3 is 2.88 bits per heavy atom. The van der Waals surface area contributed by atoms with Gasteiger partial charge in [0.05, 0.1) is 0 Å². The van der Waals surface area contributed by atoms with E-state index in [4.69, 9.17) is 4.74 Å². The Bertz CT molecular complexity index is 495. The highest BCUT2D eigenvalue weighted by Crippen LogP contribution is 2.18. The lowest BCUT2D eigenvalue weighted by atomic mass is 10.0. The number of rotatable bonds is 9. The summed E-state index contributed by atoms with van der Waals surface area (Å²) >= 11 is 0. The van der Waals surface area contributed by atoms with E-state index in [1.807, 2.05) is 4.90 Å². The first-order valence-corrected chi connectivity index (χ1v) is 9.54. The van der Waals surface area contributed by atoms with Gasteiger partial charge in [0.25, 0.3) is 0 Å². The molecule has 5 heteroatoms. The van der Waals surface area contributed by atoms with E-state index < -0.39 is 0 Å². The number of amides is 2. The largest absolute Gasteiger partial charge is 0.385 e. The first-order valence-electron chi connectivity index (χ1n) is 9.54. The molecule has 5 nitrogen and oxygen atoms in total. The molecule has 0 bridgehead atoms. The molecule has 1 aromatic carbocycles. The lowest BCUT2D eigenvalue weighted by molar-refractivity contribution is 0.107. The van der Waals surface area contributed by atoms with Crippen LogP contribution >= 0.6 is 0 Å². The van der Waals surface area contributed by atoms with Gasteiger partial charge in [-0.05, 0) is 37.8 Å². The lowest BCUT2D eigenvalue weighted by Gasteiger charge is -2.39. The Kier molecular flexibility index (Phi) is 8.77. The molecular formula is C20H33N3O2. The topological polar surface area (TPSA) is 44.8 Å². The summed E-state index contributed by atoms with van der Waals surface area (Å²) < 4.78 is 5.05. The van der Waals surface area contributed by atoms with Crippen LogP contribution in [0, 0.1) is 0 Å². The van der Waals surface area contributed by atoms with Gasteiger partial charge in [-0.2, -0.15) is 0 Å². The van der Waals surface area contributed by atoms with Crippen molar-refractivity contribution in [2.24, 2.45) is 0 Å². The number of hydrogen-bond acceptors (Lipinski definition) is 3. The van der Waals surface area contributed by atoms with Gasteiger partial charge < -0.3 is 15.0 Å². The van der Waals surface area contributed by atoms with Crippen LogP contribution < -0.4 is 5.32 Å². The second kappa shape index (κ2) is 11.1. The van der Waals surface area contributed by atoms with Gasteiger partial charge in [-0.25, -0.2) is 4.79 Å².